The average molecular weight is 266 g/mol. The summed E-state index contributed by atoms with van der Waals surface area (Å²) in [6, 6.07) is 3.43. The third-order valence-electron chi connectivity index (χ3n) is 3.53. The fourth-order valence-electron chi connectivity index (χ4n) is 2.42. The van der Waals surface area contributed by atoms with Gasteiger partial charge in [-0.05, 0) is 50.0 Å². The predicted molar refractivity (Wildman–Crippen MR) is 70.6 cm³/mol. The number of nitrogens with zero attached hydrogens (tertiary/aromatic N) is 1. The molecule has 0 aliphatic carbocycles. The molecule has 0 aromatic heterocycles. The topological polar surface area (TPSA) is 52.6 Å². The molecule has 0 spiro atoms. The molecule has 0 radical (unpaired) electrons. The van der Waals surface area contributed by atoms with Crippen molar-refractivity contribution in [3.63, 3.8) is 0 Å². The maximum absolute atomic E-state index is 13.1. The summed E-state index contributed by atoms with van der Waals surface area (Å²) in [5.74, 6) is -0.568. The van der Waals surface area contributed by atoms with Crippen LogP contribution in [0.3, 0.4) is 0 Å². The van der Waals surface area contributed by atoms with E-state index in [2.05, 4.69) is 5.32 Å². The number of phenols is 1. The van der Waals surface area contributed by atoms with Crippen LogP contribution < -0.4 is 5.32 Å². The van der Waals surface area contributed by atoms with Crippen molar-refractivity contribution >= 4 is 5.91 Å². The molecule has 1 aliphatic heterocycles. The van der Waals surface area contributed by atoms with E-state index in [1.54, 1.807) is 11.9 Å². The summed E-state index contributed by atoms with van der Waals surface area (Å²) in [7, 11) is 1.69. The molecule has 0 bridgehead atoms. The van der Waals surface area contributed by atoms with E-state index in [1.165, 1.54) is 6.07 Å². The van der Waals surface area contributed by atoms with E-state index in [1.807, 2.05) is 0 Å². The summed E-state index contributed by atoms with van der Waals surface area (Å²) in [6.07, 6.45) is 2.07. The fraction of sp³-hybridized carbons (Fsp3) is 0.500. The van der Waals surface area contributed by atoms with Gasteiger partial charge in [-0.25, -0.2) is 4.39 Å². The molecule has 0 atom stereocenters. The fourth-order valence-corrected chi connectivity index (χ4v) is 2.42. The van der Waals surface area contributed by atoms with Gasteiger partial charge in [-0.15, -0.1) is 0 Å². The van der Waals surface area contributed by atoms with E-state index in [9.17, 15) is 14.3 Å². The highest BCUT2D eigenvalue weighted by atomic mass is 19.1. The van der Waals surface area contributed by atoms with Crippen molar-refractivity contribution in [3.05, 3.63) is 29.6 Å². The lowest BCUT2D eigenvalue weighted by atomic mass is 9.97. The Morgan fingerprint density at radius 2 is 2.16 bits per heavy atom. The highest BCUT2D eigenvalue weighted by Crippen LogP contribution is 2.21. The molecule has 1 aliphatic rings. The van der Waals surface area contributed by atoms with Crippen molar-refractivity contribution in [2.45, 2.75) is 12.8 Å². The monoisotopic (exact) mass is 266 g/mol. The van der Waals surface area contributed by atoms with Gasteiger partial charge in [0.25, 0.3) is 5.91 Å². The van der Waals surface area contributed by atoms with Crippen LogP contribution in [0.4, 0.5) is 4.39 Å². The van der Waals surface area contributed by atoms with Gasteiger partial charge in [-0.1, -0.05) is 0 Å². The number of carbonyl (C=O) groups excluding carboxylic acids is 1. The van der Waals surface area contributed by atoms with E-state index in [4.69, 9.17) is 0 Å². The van der Waals surface area contributed by atoms with Crippen LogP contribution in [0.25, 0.3) is 0 Å². The number of aromatic hydroxyl groups is 1. The summed E-state index contributed by atoms with van der Waals surface area (Å²) in [5.41, 5.74) is 0.0245. The lowest BCUT2D eigenvalue weighted by molar-refractivity contribution is 0.0759. The second-order valence-corrected chi connectivity index (χ2v) is 5.04. The molecule has 1 heterocycles. The molecular formula is C14H19FN2O2. The molecule has 1 fully saturated rings. The molecule has 1 amide bonds. The quantitative estimate of drug-likeness (QED) is 0.874. The third kappa shape index (κ3) is 3.44. The number of carbonyl (C=O) groups is 1. The predicted octanol–water partition coefficient (Wildman–Crippen LogP) is 1.60. The van der Waals surface area contributed by atoms with Crippen molar-refractivity contribution in [3.8, 4) is 5.75 Å². The van der Waals surface area contributed by atoms with Crippen molar-refractivity contribution in [1.29, 1.82) is 0 Å². The van der Waals surface area contributed by atoms with Gasteiger partial charge in [0, 0.05) is 13.6 Å². The van der Waals surface area contributed by atoms with Gasteiger partial charge < -0.3 is 15.3 Å². The van der Waals surface area contributed by atoms with Crippen LogP contribution in [0.5, 0.6) is 5.75 Å². The van der Waals surface area contributed by atoms with Gasteiger partial charge in [0.1, 0.15) is 11.6 Å². The van der Waals surface area contributed by atoms with E-state index in [-0.39, 0.29) is 17.2 Å². The van der Waals surface area contributed by atoms with Gasteiger partial charge in [-0.2, -0.15) is 0 Å². The zero-order valence-corrected chi connectivity index (χ0v) is 11.0. The zero-order chi connectivity index (χ0) is 13.8. The molecule has 4 nitrogen and oxygen atoms in total. The first kappa shape index (κ1) is 13.8. The lowest BCUT2D eigenvalue weighted by Crippen LogP contribution is -2.37. The van der Waals surface area contributed by atoms with Gasteiger partial charge in [0.05, 0.1) is 5.56 Å². The Morgan fingerprint density at radius 1 is 1.47 bits per heavy atom. The SMILES string of the molecule is CN(CC1CCNCC1)C(=O)c1cc(F)ccc1O. The standard InChI is InChI=1S/C14H19FN2O2/c1-17(9-10-4-6-16-7-5-10)14(19)12-8-11(15)2-3-13(12)18/h2-3,8,10,16,18H,4-7,9H2,1H3. The first-order valence-corrected chi connectivity index (χ1v) is 6.52. The van der Waals surface area contributed by atoms with E-state index >= 15 is 0 Å². The second kappa shape index (κ2) is 6.02. The number of rotatable bonds is 3. The first-order chi connectivity index (χ1) is 9.08. The number of amides is 1. The Labute approximate surface area is 112 Å². The van der Waals surface area contributed by atoms with Crippen molar-refractivity contribution in [2.24, 2.45) is 5.92 Å². The van der Waals surface area contributed by atoms with Crippen molar-refractivity contribution in [2.75, 3.05) is 26.7 Å². The second-order valence-electron chi connectivity index (χ2n) is 5.04. The maximum Gasteiger partial charge on any atom is 0.257 e. The Bertz CT molecular complexity index is 459. The van der Waals surface area contributed by atoms with Gasteiger partial charge in [0.2, 0.25) is 0 Å². The Balaban J connectivity index is 2.03. The van der Waals surface area contributed by atoms with E-state index in [0.717, 1.165) is 38.1 Å². The molecule has 2 rings (SSSR count). The number of halogens is 1. The largest absolute Gasteiger partial charge is 0.507 e. The molecule has 19 heavy (non-hydrogen) atoms. The highest BCUT2D eigenvalue weighted by molar-refractivity contribution is 5.96. The average Bonchev–Trinajstić information content (AvgIpc) is 2.42. The van der Waals surface area contributed by atoms with Crippen LogP contribution in [0.2, 0.25) is 0 Å². The number of hydrogen-bond acceptors (Lipinski definition) is 3. The molecule has 1 saturated heterocycles. The number of piperidine rings is 1. The molecule has 5 heteroatoms. The third-order valence-corrected chi connectivity index (χ3v) is 3.53. The van der Waals surface area contributed by atoms with Gasteiger partial charge in [-0.3, -0.25) is 4.79 Å². The van der Waals surface area contributed by atoms with Crippen LogP contribution in [-0.4, -0.2) is 42.6 Å². The summed E-state index contributed by atoms with van der Waals surface area (Å²) in [5, 5.41) is 12.9. The first-order valence-electron chi connectivity index (χ1n) is 6.52. The van der Waals surface area contributed by atoms with Crippen LogP contribution in [0, 0.1) is 11.7 Å². The van der Waals surface area contributed by atoms with Crippen LogP contribution in [0.15, 0.2) is 18.2 Å². The number of phenolic OH excluding ortho intramolecular Hbond substituents is 1. The van der Waals surface area contributed by atoms with Gasteiger partial charge >= 0.3 is 0 Å². The molecule has 2 N–H and O–H groups in total. The highest BCUT2D eigenvalue weighted by Gasteiger charge is 2.21. The summed E-state index contributed by atoms with van der Waals surface area (Å²) in [6.45, 7) is 2.58. The molecule has 1 aromatic rings. The van der Waals surface area contributed by atoms with Crippen LogP contribution >= 0.6 is 0 Å². The number of hydrogen-bond donors (Lipinski definition) is 2. The van der Waals surface area contributed by atoms with E-state index in [0.29, 0.717) is 12.5 Å². The van der Waals surface area contributed by atoms with E-state index < -0.39 is 5.82 Å². The molecule has 0 unspecified atom stereocenters. The summed E-state index contributed by atoms with van der Waals surface area (Å²) >= 11 is 0. The minimum atomic E-state index is -0.517. The van der Waals surface area contributed by atoms with Crippen LogP contribution in [-0.2, 0) is 0 Å². The minimum absolute atomic E-state index is 0.0245. The Kier molecular flexibility index (Phi) is 4.37. The minimum Gasteiger partial charge on any atom is -0.507 e. The normalized spacial score (nSPS) is 16.3. The Morgan fingerprint density at radius 3 is 2.84 bits per heavy atom. The molecular weight excluding hydrogens is 247 g/mol. The molecule has 1 aromatic carbocycles. The maximum atomic E-state index is 13.1. The smallest absolute Gasteiger partial charge is 0.257 e. The summed E-state index contributed by atoms with van der Waals surface area (Å²) < 4.78 is 13.1. The van der Waals surface area contributed by atoms with Crippen molar-refractivity contribution < 1.29 is 14.3 Å². The number of benzene rings is 1. The summed E-state index contributed by atoms with van der Waals surface area (Å²) in [4.78, 5) is 13.7. The lowest BCUT2D eigenvalue weighted by Gasteiger charge is -2.27. The van der Waals surface area contributed by atoms with Crippen molar-refractivity contribution in [1.82, 2.24) is 10.2 Å². The zero-order valence-electron chi connectivity index (χ0n) is 11.0. The number of nitrogens with one attached hydrogen (secondary N) is 1. The molecule has 104 valence electrons. The molecule has 0 saturated carbocycles. The van der Waals surface area contributed by atoms with Gasteiger partial charge in [0.15, 0.2) is 0 Å². The van der Waals surface area contributed by atoms with Crippen LogP contribution in [0.1, 0.15) is 23.2 Å². The Hall–Kier alpha value is -1.62.